The van der Waals surface area contributed by atoms with E-state index in [-0.39, 0.29) is 24.8 Å². The van der Waals surface area contributed by atoms with Crippen molar-refractivity contribution in [2.24, 2.45) is 0 Å². The number of nitrogens with zero attached hydrogens (tertiary/aromatic N) is 1. The standard InChI is InChI=1S/C31H30FNO5.ClH/c1-23-21-28(12-13-30(23)38-22-31(34)35)37-18-14-29(26-8-10-27(32)11-9-26)25-6-4-24(5-7-25)3-2-15-33-16-19-36-20-17-33;/h4-14,21H,15-20,22H2,1H3,(H,34,35);1H. The molecule has 6 nitrogen and oxygen atoms in total. The molecular formula is C31H31ClFNO5. The van der Waals surface area contributed by atoms with Gasteiger partial charge in [-0.15, -0.1) is 12.4 Å². The lowest BCUT2D eigenvalue weighted by atomic mass is 9.96. The van der Waals surface area contributed by atoms with Crippen molar-refractivity contribution in [1.82, 2.24) is 4.90 Å². The summed E-state index contributed by atoms with van der Waals surface area (Å²) < 4.78 is 30.2. The molecule has 0 saturated carbocycles. The Morgan fingerprint density at radius 2 is 1.69 bits per heavy atom. The number of aliphatic carboxylic acids is 1. The average molecular weight is 552 g/mol. The number of rotatable bonds is 9. The highest BCUT2D eigenvalue weighted by molar-refractivity contribution is 5.85. The molecule has 1 N–H and O–H groups in total. The van der Waals surface area contributed by atoms with Gasteiger partial charge in [0, 0.05) is 18.7 Å². The molecular weight excluding hydrogens is 521 g/mol. The molecule has 1 heterocycles. The molecule has 0 bridgehead atoms. The predicted molar refractivity (Wildman–Crippen MR) is 151 cm³/mol. The lowest BCUT2D eigenvalue weighted by Gasteiger charge is -2.24. The molecule has 0 aliphatic carbocycles. The van der Waals surface area contributed by atoms with Gasteiger partial charge in [0.25, 0.3) is 0 Å². The summed E-state index contributed by atoms with van der Waals surface area (Å²) in [5.41, 5.74) is 4.45. The number of morpholine rings is 1. The zero-order valence-electron chi connectivity index (χ0n) is 21.7. The van der Waals surface area contributed by atoms with E-state index in [0.717, 1.165) is 60.7 Å². The highest BCUT2D eigenvalue weighted by Crippen LogP contribution is 2.26. The summed E-state index contributed by atoms with van der Waals surface area (Å²) in [5.74, 6) is 6.26. The number of ether oxygens (including phenoxy) is 3. The molecule has 0 radical (unpaired) electrons. The molecule has 3 aromatic carbocycles. The van der Waals surface area contributed by atoms with Gasteiger partial charge >= 0.3 is 5.97 Å². The van der Waals surface area contributed by atoms with Gasteiger partial charge in [-0.25, -0.2) is 9.18 Å². The number of carbonyl (C=O) groups is 1. The van der Waals surface area contributed by atoms with Crippen LogP contribution in [0.5, 0.6) is 11.5 Å². The molecule has 1 fully saturated rings. The van der Waals surface area contributed by atoms with Crippen LogP contribution < -0.4 is 9.47 Å². The normalized spacial score (nSPS) is 13.5. The third-order valence-electron chi connectivity index (χ3n) is 6.03. The van der Waals surface area contributed by atoms with Gasteiger partial charge in [-0.3, -0.25) is 4.90 Å². The summed E-state index contributed by atoms with van der Waals surface area (Å²) in [5, 5.41) is 8.80. The molecule has 0 unspecified atom stereocenters. The van der Waals surface area contributed by atoms with E-state index < -0.39 is 12.6 Å². The zero-order valence-corrected chi connectivity index (χ0v) is 22.5. The van der Waals surface area contributed by atoms with E-state index >= 15 is 0 Å². The van der Waals surface area contributed by atoms with Crippen LogP contribution in [0.25, 0.3) is 5.57 Å². The number of halogens is 2. The molecule has 0 spiro atoms. The van der Waals surface area contributed by atoms with Gasteiger partial charge in [0.2, 0.25) is 0 Å². The summed E-state index contributed by atoms with van der Waals surface area (Å²) in [7, 11) is 0. The summed E-state index contributed by atoms with van der Waals surface area (Å²) in [6.45, 7) is 5.75. The van der Waals surface area contributed by atoms with Crippen molar-refractivity contribution in [3.63, 3.8) is 0 Å². The van der Waals surface area contributed by atoms with Crippen molar-refractivity contribution in [1.29, 1.82) is 0 Å². The molecule has 0 aromatic heterocycles. The summed E-state index contributed by atoms with van der Waals surface area (Å²) in [4.78, 5) is 13.0. The minimum atomic E-state index is -1.03. The average Bonchev–Trinajstić information content (AvgIpc) is 2.92. The molecule has 1 aliphatic heterocycles. The van der Waals surface area contributed by atoms with E-state index in [2.05, 4.69) is 16.7 Å². The van der Waals surface area contributed by atoms with Crippen LogP contribution in [0.2, 0.25) is 0 Å². The maximum absolute atomic E-state index is 13.6. The molecule has 39 heavy (non-hydrogen) atoms. The molecule has 0 amide bonds. The summed E-state index contributed by atoms with van der Waals surface area (Å²) in [6, 6.07) is 19.6. The van der Waals surface area contributed by atoms with Gasteiger partial charge in [-0.2, -0.15) is 0 Å². The molecule has 204 valence electrons. The minimum absolute atomic E-state index is 0. The van der Waals surface area contributed by atoms with E-state index in [0.29, 0.717) is 11.5 Å². The number of hydrogen-bond donors (Lipinski definition) is 1. The molecule has 8 heteroatoms. The Morgan fingerprint density at radius 1 is 1.03 bits per heavy atom. The first-order chi connectivity index (χ1) is 18.5. The first kappa shape index (κ1) is 29.7. The quantitative estimate of drug-likeness (QED) is 0.368. The maximum Gasteiger partial charge on any atom is 0.341 e. The van der Waals surface area contributed by atoms with Gasteiger partial charge in [-0.1, -0.05) is 36.1 Å². The fraction of sp³-hybridized carbons (Fsp3) is 0.258. The highest BCUT2D eigenvalue weighted by Gasteiger charge is 2.09. The van der Waals surface area contributed by atoms with Crippen LogP contribution in [0.15, 0.2) is 72.8 Å². The van der Waals surface area contributed by atoms with Gasteiger partial charge in [0.05, 0.1) is 19.8 Å². The summed E-state index contributed by atoms with van der Waals surface area (Å²) in [6.07, 6.45) is 1.95. The van der Waals surface area contributed by atoms with Gasteiger partial charge in [-0.05, 0) is 77.7 Å². The van der Waals surface area contributed by atoms with E-state index in [9.17, 15) is 9.18 Å². The van der Waals surface area contributed by atoms with Gasteiger partial charge in [0.15, 0.2) is 6.61 Å². The Balaban J connectivity index is 0.00000420. The molecule has 1 aliphatic rings. The van der Waals surface area contributed by atoms with Crippen LogP contribution in [0.4, 0.5) is 4.39 Å². The smallest absolute Gasteiger partial charge is 0.341 e. The Labute approximate surface area is 234 Å². The van der Waals surface area contributed by atoms with Crippen molar-refractivity contribution in [2.75, 3.05) is 46.1 Å². The van der Waals surface area contributed by atoms with Crippen LogP contribution in [0.3, 0.4) is 0 Å². The zero-order chi connectivity index (χ0) is 26.7. The number of benzene rings is 3. The van der Waals surface area contributed by atoms with Crippen LogP contribution in [0.1, 0.15) is 22.3 Å². The third-order valence-corrected chi connectivity index (χ3v) is 6.03. The second-order valence-corrected chi connectivity index (χ2v) is 8.81. The Bertz CT molecular complexity index is 1320. The number of carboxylic acids is 1. The second kappa shape index (κ2) is 14.9. The Kier molecular flexibility index (Phi) is 11.4. The second-order valence-electron chi connectivity index (χ2n) is 8.81. The van der Waals surface area contributed by atoms with E-state index in [1.165, 1.54) is 12.1 Å². The van der Waals surface area contributed by atoms with Crippen LogP contribution in [-0.2, 0) is 9.53 Å². The molecule has 0 atom stereocenters. The first-order valence-corrected chi connectivity index (χ1v) is 12.4. The molecule has 3 aromatic rings. The Hall–Kier alpha value is -3.83. The third kappa shape index (κ3) is 9.15. The van der Waals surface area contributed by atoms with E-state index in [1.807, 2.05) is 37.3 Å². The van der Waals surface area contributed by atoms with Crippen molar-refractivity contribution in [2.45, 2.75) is 6.92 Å². The summed E-state index contributed by atoms with van der Waals surface area (Å²) >= 11 is 0. The lowest BCUT2D eigenvalue weighted by molar-refractivity contribution is -0.139. The minimum Gasteiger partial charge on any atom is -0.489 e. The molecule has 1 saturated heterocycles. The largest absolute Gasteiger partial charge is 0.489 e. The SMILES string of the molecule is Cc1cc(OCC=C(c2ccc(F)cc2)c2ccc(C#CCN3CCOCC3)cc2)ccc1OCC(=O)O.Cl. The van der Waals surface area contributed by atoms with Crippen molar-refractivity contribution in [3.8, 4) is 23.3 Å². The fourth-order valence-corrected chi connectivity index (χ4v) is 4.01. The number of aryl methyl sites for hydroxylation is 1. The Morgan fingerprint density at radius 3 is 2.33 bits per heavy atom. The molecule has 4 rings (SSSR count). The number of carboxylic acid groups (broad SMARTS) is 1. The van der Waals surface area contributed by atoms with E-state index in [4.69, 9.17) is 19.3 Å². The van der Waals surface area contributed by atoms with Gasteiger partial charge < -0.3 is 19.3 Å². The van der Waals surface area contributed by atoms with Crippen LogP contribution >= 0.6 is 12.4 Å². The fourth-order valence-electron chi connectivity index (χ4n) is 4.01. The monoisotopic (exact) mass is 551 g/mol. The van der Waals surface area contributed by atoms with Crippen LogP contribution in [0, 0.1) is 24.6 Å². The van der Waals surface area contributed by atoms with Crippen molar-refractivity contribution in [3.05, 3.63) is 101 Å². The lowest BCUT2D eigenvalue weighted by Crippen LogP contribution is -2.36. The van der Waals surface area contributed by atoms with Crippen molar-refractivity contribution < 1.29 is 28.5 Å². The van der Waals surface area contributed by atoms with Crippen molar-refractivity contribution >= 4 is 23.9 Å². The topological polar surface area (TPSA) is 68.2 Å². The number of hydrogen-bond acceptors (Lipinski definition) is 5. The van der Waals surface area contributed by atoms with E-state index in [1.54, 1.807) is 30.3 Å². The maximum atomic E-state index is 13.6. The predicted octanol–water partition coefficient (Wildman–Crippen LogP) is 5.21. The first-order valence-electron chi connectivity index (χ1n) is 12.4. The van der Waals surface area contributed by atoms with Crippen LogP contribution in [-0.4, -0.2) is 62.0 Å². The highest BCUT2D eigenvalue weighted by atomic mass is 35.5. The van der Waals surface area contributed by atoms with Gasteiger partial charge in [0.1, 0.15) is 23.9 Å².